The average Bonchev–Trinajstić information content (AvgIpc) is 2.98. The first-order chi connectivity index (χ1) is 11.6. The molecule has 0 aliphatic heterocycles. The highest BCUT2D eigenvalue weighted by atomic mass is 19.1. The van der Waals surface area contributed by atoms with Gasteiger partial charge in [-0.2, -0.15) is 5.10 Å². The molecule has 0 radical (unpaired) electrons. The number of pyridine rings is 1. The third-order valence-electron chi connectivity index (χ3n) is 3.55. The Labute approximate surface area is 139 Å². The van der Waals surface area contributed by atoms with Gasteiger partial charge in [0.15, 0.2) is 23.0 Å². The van der Waals surface area contributed by atoms with Gasteiger partial charge in [0.2, 0.25) is 0 Å². The van der Waals surface area contributed by atoms with Gasteiger partial charge < -0.3 is 15.0 Å². The summed E-state index contributed by atoms with van der Waals surface area (Å²) in [5.74, 6) is 0.924. The molecule has 2 N–H and O–H groups in total. The lowest BCUT2D eigenvalue weighted by Gasteiger charge is -2.11. The number of nitrogens with zero attached hydrogens (tertiary/aromatic N) is 3. The van der Waals surface area contributed by atoms with Crippen molar-refractivity contribution in [3.05, 3.63) is 42.3 Å². The van der Waals surface area contributed by atoms with Crippen LogP contribution in [0.15, 0.2) is 36.5 Å². The van der Waals surface area contributed by atoms with Crippen LogP contribution in [-0.2, 0) is 0 Å². The molecule has 7 heteroatoms. The summed E-state index contributed by atoms with van der Waals surface area (Å²) in [6, 6.07) is 8.01. The fourth-order valence-corrected chi connectivity index (χ4v) is 2.38. The summed E-state index contributed by atoms with van der Waals surface area (Å²) in [4.78, 5) is 6.37. The number of hydrogen-bond acceptors (Lipinski definition) is 5. The molecule has 0 unspecified atom stereocenters. The number of ether oxygens (including phenoxy) is 1. The van der Waals surface area contributed by atoms with Crippen molar-refractivity contribution in [1.82, 2.24) is 20.1 Å². The lowest BCUT2D eigenvalue weighted by Crippen LogP contribution is -2.16. The predicted molar refractivity (Wildman–Crippen MR) is 92.0 cm³/mol. The largest absolute Gasteiger partial charge is 0.453 e. The van der Waals surface area contributed by atoms with Crippen LogP contribution in [0, 0.1) is 5.82 Å². The summed E-state index contributed by atoms with van der Waals surface area (Å²) in [6.45, 7) is 1.75. The lowest BCUT2D eigenvalue weighted by molar-refractivity contribution is 0.405. The van der Waals surface area contributed by atoms with Crippen LogP contribution in [-0.4, -0.2) is 47.3 Å². The highest BCUT2D eigenvalue weighted by Gasteiger charge is 2.14. The monoisotopic (exact) mass is 329 g/mol. The van der Waals surface area contributed by atoms with Crippen LogP contribution in [0.4, 0.5) is 10.2 Å². The minimum absolute atomic E-state index is 0.171. The summed E-state index contributed by atoms with van der Waals surface area (Å²) in [7, 11) is 4.07. The Hall–Kier alpha value is -2.67. The Morgan fingerprint density at radius 1 is 1.21 bits per heavy atom. The fourth-order valence-electron chi connectivity index (χ4n) is 2.38. The van der Waals surface area contributed by atoms with Crippen molar-refractivity contribution in [2.75, 3.05) is 32.5 Å². The first-order valence-corrected chi connectivity index (χ1v) is 7.79. The molecule has 1 aromatic carbocycles. The van der Waals surface area contributed by atoms with Crippen molar-refractivity contribution in [3.8, 4) is 11.5 Å². The number of para-hydroxylation sites is 1. The third kappa shape index (κ3) is 3.62. The minimum Gasteiger partial charge on any atom is -0.453 e. The summed E-state index contributed by atoms with van der Waals surface area (Å²) in [5, 5.41) is 11.1. The number of H-pyrrole nitrogens is 1. The smallest absolute Gasteiger partial charge is 0.165 e. The second-order valence-corrected chi connectivity index (χ2v) is 5.72. The first-order valence-electron chi connectivity index (χ1n) is 7.79. The molecule has 0 amide bonds. The summed E-state index contributed by atoms with van der Waals surface area (Å²) < 4.78 is 19.6. The topological polar surface area (TPSA) is 66.1 Å². The predicted octanol–water partition coefficient (Wildman–Crippen LogP) is 3.25. The Morgan fingerprint density at radius 3 is 2.83 bits per heavy atom. The van der Waals surface area contributed by atoms with Crippen molar-refractivity contribution >= 4 is 16.9 Å². The SMILES string of the molecule is CN(C)CCCNc1n[nH]c2nccc(Oc3ccccc3F)c12. The van der Waals surface area contributed by atoms with Crippen LogP contribution in [0.2, 0.25) is 0 Å². The van der Waals surface area contributed by atoms with Crippen molar-refractivity contribution in [3.63, 3.8) is 0 Å². The molecule has 6 nitrogen and oxygen atoms in total. The number of benzene rings is 1. The molecule has 0 saturated carbocycles. The second kappa shape index (κ2) is 7.27. The van der Waals surface area contributed by atoms with Crippen molar-refractivity contribution < 1.29 is 9.13 Å². The molecular weight excluding hydrogens is 309 g/mol. The minimum atomic E-state index is -0.411. The lowest BCUT2D eigenvalue weighted by atomic mass is 10.3. The molecule has 3 aromatic rings. The number of aromatic nitrogens is 3. The van der Waals surface area contributed by atoms with Gasteiger partial charge in [-0.1, -0.05) is 12.1 Å². The number of fused-ring (bicyclic) bond motifs is 1. The second-order valence-electron chi connectivity index (χ2n) is 5.72. The van der Waals surface area contributed by atoms with E-state index in [-0.39, 0.29) is 5.75 Å². The van der Waals surface area contributed by atoms with Crippen LogP contribution in [0.5, 0.6) is 11.5 Å². The average molecular weight is 329 g/mol. The number of halogens is 1. The Morgan fingerprint density at radius 2 is 2.04 bits per heavy atom. The van der Waals surface area contributed by atoms with Crippen LogP contribution < -0.4 is 10.1 Å². The van der Waals surface area contributed by atoms with E-state index in [0.717, 1.165) is 19.5 Å². The molecule has 2 heterocycles. The fraction of sp³-hybridized carbons (Fsp3) is 0.294. The van der Waals surface area contributed by atoms with Crippen LogP contribution in [0.3, 0.4) is 0 Å². The summed E-state index contributed by atoms with van der Waals surface area (Å²) in [5.41, 5.74) is 0.596. The molecule has 0 bridgehead atoms. The molecule has 0 aliphatic carbocycles. The number of rotatable bonds is 7. The summed E-state index contributed by atoms with van der Waals surface area (Å²) in [6.07, 6.45) is 2.58. The van der Waals surface area contributed by atoms with E-state index in [1.165, 1.54) is 6.07 Å². The van der Waals surface area contributed by atoms with Gasteiger partial charge in [-0.05, 0) is 39.2 Å². The van der Waals surface area contributed by atoms with E-state index in [0.29, 0.717) is 22.6 Å². The van der Waals surface area contributed by atoms with E-state index in [2.05, 4.69) is 25.4 Å². The Balaban J connectivity index is 1.83. The van der Waals surface area contributed by atoms with Crippen LogP contribution >= 0.6 is 0 Å². The van der Waals surface area contributed by atoms with E-state index in [1.807, 2.05) is 14.1 Å². The zero-order valence-corrected chi connectivity index (χ0v) is 13.7. The molecule has 126 valence electrons. The Bertz CT molecular complexity index is 818. The molecule has 3 rings (SSSR count). The van der Waals surface area contributed by atoms with E-state index >= 15 is 0 Å². The zero-order valence-electron chi connectivity index (χ0n) is 13.7. The van der Waals surface area contributed by atoms with Crippen LogP contribution in [0.25, 0.3) is 11.0 Å². The van der Waals surface area contributed by atoms with Gasteiger partial charge in [-0.3, -0.25) is 5.10 Å². The van der Waals surface area contributed by atoms with Gasteiger partial charge in [0.1, 0.15) is 11.1 Å². The van der Waals surface area contributed by atoms with Gasteiger partial charge in [-0.25, -0.2) is 9.37 Å². The highest BCUT2D eigenvalue weighted by molar-refractivity contribution is 5.92. The van der Waals surface area contributed by atoms with Gasteiger partial charge in [0.25, 0.3) is 0 Å². The molecule has 0 spiro atoms. The maximum atomic E-state index is 13.8. The van der Waals surface area contributed by atoms with Gasteiger partial charge in [-0.15, -0.1) is 0 Å². The molecular formula is C17H20FN5O. The first kappa shape index (κ1) is 16.2. The van der Waals surface area contributed by atoms with Gasteiger partial charge in [0, 0.05) is 18.8 Å². The third-order valence-corrected chi connectivity index (χ3v) is 3.55. The van der Waals surface area contributed by atoms with E-state index < -0.39 is 5.82 Å². The molecule has 0 fully saturated rings. The van der Waals surface area contributed by atoms with E-state index in [1.54, 1.807) is 30.5 Å². The summed E-state index contributed by atoms with van der Waals surface area (Å²) >= 11 is 0. The zero-order chi connectivity index (χ0) is 16.9. The van der Waals surface area contributed by atoms with Gasteiger partial charge in [0.05, 0.1) is 0 Å². The molecule has 2 aromatic heterocycles. The number of hydrogen-bond donors (Lipinski definition) is 2. The molecule has 0 aliphatic rings. The normalized spacial score (nSPS) is 11.2. The number of anilines is 1. The molecule has 0 saturated heterocycles. The van der Waals surface area contributed by atoms with Crippen molar-refractivity contribution in [2.24, 2.45) is 0 Å². The number of aromatic amines is 1. The molecule has 0 atom stereocenters. The maximum absolute atomic E-state index is 13.8. The molecule has 24 heavy (non-hydrogen) atoms. The van der Waals surface area contributed by atoms with E-state index in [4.69, 9.17) is 4.74 Å². The quantitative estimate of drug-likeness (QED) is 0.651. The van der Waals surface area contributed by atoms with Crippen molar-refractivity contribution in [2.45, 2.75) is 6.42 Å². The van der Waals surface area contributed by atoms with Crippen molar-refractivity contribution in [1.29, 1.82) is 0 Å². The van der Waals surface area contributed by atoms with Crippen LogP contribution in [0.1, 0.15) is 6.42 Å². The Kier molecular flexibility index (Phi) is 4.90. The highest BCUT2D eigenvalue weighted by Crippen LogP contribution is 2.33. The van der Waals surface area contributed by atoms with Gasteiger partial charge >= 0.3 is 0 Å². The van der Waals surface area contributed by atoms with E-state index in [9.17, 15) is 4.39 Å². The standard InChI is InChI=1S/C17H20FN5O/c1-23(2)11-5-9-19-16-15-14(8-10-20-17(15)22-21-16)24-13-7-4-3-6-12(13)18/h3-4,6-8,10H,5,9,11H2,1-2H3,(H2,19,20,21,22). The maximum Gasteiger partial charge on any atom is 0.165 e. The number of nitrogens with one attached hydrogen (secondary N) is 2.